The molecule has 0 radical (unpaired) electrons. The largest absolute Gasteiger partial charge is 0.493 e. The molecule has 0 heterocycles. The Bertz CT molecular complexity index is 732. The summed E-state index contributed by atoms with van der Waals surface area (Å²) in [5.41, 5.74) is -0.212. The zero-order valence-electron chi connectivity index (χ0n) is 11.5. The molecule has 0 bridgehead atoms. The van der Waals surface area contributed by atoms with Crippen LogP contribution in [-0.2, 0) is 10.0 Å². The normalized spacial score (nSPS) is 11.0. The highest BCUT2D eigenvalue weighted by Crippen LogP contribution is 2.33. The molecule has 0 aliphatic heterocycles. The number of sulfonamides is 1. The van der Waals surface area contributed by atoms with E-state index in [0.29, 0.717) is 0 Å². The van der Waals surface area contributed by atoms with Gasteiger partial charge in [0, 0.05) is 12.1 Å². The minimum Gasteiger partial charge on any atom is -0.493 e. The van der Waals surface area contributed by atoms with Crippen LogP contribution in [0, 0.1) is 5.82 Å². The quantitative estimate of drug-likeness (QED) is 0.922. The Morgan fingerprint density at radius 1 is 1.00 bits per heavy atom. The standard InChI is InChI=1S/C14H14FNO4S/c1-19-13-8-11(15)12(9-14(13)20-2)16-21(17,18)10-6-4-3-5-7-10/h3-9,16H,1-2H3. The highest BCUT2D eigenvalue weighted by atomic mass is 32.2. The van der Waals surface area contributed by atoms with E-state index in [1.54, 1.807) is 18.2 Å². The van der Waals surface area contributed by atoms with E-state index in [2.05, 4.69) is 4.72 Å². The molecule has 0 aliphatic rings. The van der Waals surface area contributed by atoms with Crippen molar-refractivity contribution in [2.24, 2.45) is 0 Å². The van der Waals surface area contributed by atoms with Crippen LogP contribution in [0.3, 0.4) is 0 Å². The minimum absolute atomic E-state index is 0.0409. The lowest BCUT2D eigenvalue weighted by atomic mass is 10.2. The average Bonchev–Trinajstić information content (AvgIpc) is 2.49. The fourth-order valence-corrected chi connectivity index (χ4v) is 2.81. The van der Waals surface area contributed by atoms with E-state index in [1.165, 1.54) is 32.4 Å². The Morgan fingerprint density at radius 2 is 1.57 bits per heavy atom. The number of benzene rings is 2. The van der Waals surface area contributed by atoms with Crippen molar-refractivity contribution < 1.29 is 22.3 Å². The Labute approximate surface area is 122 Å². The second-order valence-corrected chi connectivity index (χ2v) is 5.79. The van der Waals surface area contributed by atoms with Gasteiger partial charge in [-0.15, -0.1) is 0 Å². The van der Waals surface area contributed by atoms with E-state index >= 15 is 0 Å². The topological polar surface area (TPSA) is 64.6 Å². The molecule has 2 rings (SSSR count). The van der Waals surface area contributed by atoms with Crippen LogP contribution < -0.4 is 14.2 Å². The number of anilines is 1. The van der Waals surface area contributed by atoms with Crippen molar-refractivity contribution in [3.05, 3.63) is 48.3 Å². The van der Waals surface area contributed by atoms with Gasteiger partial charge in [0.25, 0.3) is 10.0 Å². The van der Waals surface area contributed by atoms with Gasteiger partial charge in [0.2, 0.25) is 0 Å². The molecule has 0 spiro atoms. The van der Waals surface area contributed by atoms with Gasteiger partial charge in [-0.1, -0.05) is 18.2 Å². The number of methoxy groups -OCH3 is 2. The lowest BCUT2D eigenvalue weighted by Crippen LogP contribution is -2.14. The van der Waals surface area contributed by atoms with Crippen LogP contribution in [0.2, 0.25) is 0 Å². The fraction of sp³-hybridized carbons (Fsp3) is 0.143. The lowest BCUT2D eigenvalue weighted by molar-refractivity contribution is 0.353. The third-order valence-corrected chi connectivity index (χ3v) is 4.15. The first-order valence-electron chi connectivity index (χ1n) is 5.97. The lowest BCUT2D eigenvalue weighted by Gasteiger charge is -2.13. The Hall–Kier alpha value is -2.28. The summed E-state index contributed by atoms with van der Waals surface area (Å²) < 4.78 is 50.4. The molecule has 0 aliphatic carbocycles. The molecule has 1 N–H and O–H groups in total. The average molecular weight is 311 g/mol. The highest BCUT2D eigenvalue weighted by Gasteiger charge is 2.18. The van der Waals surface area contributed by atoms with Gasteiger partial charge in [0.1, 0.15) is 0 Å². The zero-order chi connectivity index (χ0) is 15.5. The number of halogens is 1. The number of nitrogens with one attached hydrogen (secondary N) is 1. The first-order chi connectivity index (χ1) is 9.97. The van der Waals surface area contributed by atoms with Crippen molar-refractivity contribution in [2.75, 3.05) is 18.9 Å². The molecule has 0 aromatic heterocycles. The molecule has 2 aromatic rings. The Kier molecular flexibility index (Phi) is 4.32. The molecule has 2 aromatic carbocycles. The third-order valence-electron chi connectivity index (χ3n) is 2.77. The summed E-state index contributed by atoms with van der Waals surface area (Å²) in [6.45, 7) is 0. The second kappa shape index (κ2) is 6.01. The van der Waals surface area contributed by atoms with Crippen molar-refractivity contribution in [1.82, 2.24) is 0 Å². The maximum absolute atomic E-state index is 13.9. The molecule has 0 unspecified atom stereocenters. The summed E-state index contributed by atoms with van der Waals surface area (Å²) >= 11 is 0. The van der Waals surface area contributed by atoms with Gasteiger partial charge in [0.15, 0.2) is 17.3 Å². The maximum atomic E-state index is 13.9. The number of hydrogen-bond acceptors (Lipinski definition) is 4. The van der Waals surface area contributed by atoms with Gasteiger partial charge in [-0.2, -0.15) is 0 Å². The van der Waals surface area contributed by atoms with Crippen LogP contribution in [0.5, 0.6) is 11.5 Å². The molecule has 0 atom stereocenters. The Morgan fingerprint density at radius 3 is 2.14 bits per heavy atom. The van der Waals surface area contributed by atoms with Crippen LogP contribution >= 0.6 is 0 Å². The maximum Gasteiger partial charge on any atom is 0.261 e. The van der Waals surface area contributed by atoms with Gasteiger partial charge < -0.3 is 9.47 Å². The highest BCUT2D eigenvalue weighted by molar-refractivity contribution is 7.92. The third kappa shape index (κ3) is 3.25. The van der Waals surface area contributed by atoms with E-state index in [9.17, 15) is 12.8 Å². The molecule has 112 valence electrons. The van der Waals surface area contributed by atoms with Crippen molar-refractivity contribution in [2.45, 2.75) is 4.90 Å². The van der Waals surface area contributed by atoms with Gasteiger partial charge in [-0.05, 0) is 12.1 Å². The van der Waals surface area contributed by atoms with Crippen molar-refractivity contribution >= 4 is 15.7 Å². The van der Waals surface area contributed by atoms with Gasteiger partial charge in [0.05, 0.1) is 24.8 Å². The molecule has 0 saturated heterocycles. The SMILES string of the molecule is COc1cc(F)c(NS(=O)(=O)c2ccccc2)cc1OC. The van der Waals surface area contributed by atoms with Crippen molar-refractivity contribution in [1.29, 1.82) is 0 Å². The van der Waals surface area contributed by atoms with Gasteiger partial charge in [-0.3, -0.25) is 4.72 Å². The zero-order valence-corrected chi connectivity index (χ0v) is 12.3. The second-order valence-electron chi connectivity index (χ2n) is 4.11. The molecule has 21 heavy (non-hydrogen) atoms. The summed E-state index contributed by atoms with van der Waals surface area (Å²) in [4.78, 5) is 0.0409. The van der Waals surface area contributed by atoms with Crippen LogP contribution in [0.25, 0.3) is 0 Å². The number of rotatable bonds is 5. The minimum atomic E-state index is -3.87. The number of hydrogen-bond donors (Lipinski definition) is 1. The van der Waals surface area contributed by atoms with Crippen LogP contribution in [-0.4, -0.2) is 22.6 Å². The smallest absolute Gasteiger partial charge is 0.261 e. The predicted octanol–water partition coefficient (Wildman–Crippen LogP) is 2.64. The van der Waals surface area contributed by atoms with E-state index in [1.807, 2.05) is 0 Å². The molecule has 7 heteroatoms. The molecule has 0 saturated carbocycles. The van der Waals surface area contributed by atoms with Crippen LogP contribution in [0.4, 0.5) is 10.1 Å². The van der Waals surface area contributed by atoms with E-state index in [4.69, 9.17) is 9.47 Å². The molecular formula is C14H14FNO4S. The van der Waals surface area contributed by atoms with Crippen LogP contribution in [0.15, 0.2) is 47.4 Å². The van der Waals surface area contributed by atoms with Gasteiger partial charge >= 0.3 is 0 Å². The predicted molar refractivity (Wildman–Crippen MR) is 76.8 cm³/mol. The Balaban J connectivity index is 2.40. The summed E-state index contributed by atoms with van der Waals surface area (Å²) in [5, 5.41) is 0. The van der Waals surface area contributed by atoms with E-state index in [0.717, 1.165) is 6.07 Å². The van der Waals surface area contributed by atoms with Crippen LogP contribution in [0.1, 0.15) is 0 Å². The fourth-order valence-electron chi connectivity index (χ4n) is 1.74. The first kappa shape index (κ1) is 15.1. The molecule has 0 amide bonds. The number of ether oxygens (including phenoxy) is 2. The van der Waals surface area contributed by atoms with E-state index in [-0.39, 0.29) is 22.1 Å². The molecule has 5 nitrogen and oxygen atoms in total. The summed E-state index contributed by atoms with van der Waals surface area (Å²) in [6.07, 6.45) is 0. The first-order valence-corrected chi connectivity index (χ1v) is 7.45. The summed E-state index contributed by atoms with van der Waals surface area (Å²) in [6, 6.07) is 9.98. The molecular weight excluding hydrogens is 297 g/mol. The van der Waals surface area contributed by atoms with Gasteiger partial charge in [-0.25, -0.2) is 12.8 Å². The monoisotopic (exact) mass is 311 g/mol. The summed E-state index contributed by atoms with van der Waals surface area (Å²) in [5.74, 6) is -0.352. The summed E-state index contributed by atoms with van der Waals surface area (Å²) in [7, 11) is -1.12. The van der Waals surface area contributed by atoms with Crippen molar-refractivity contribution in [3.8, 4) is 11.5 Å². The van der Waals surface area contributed by atoms with Crippen molar-refractivity contribution in [3.63, 3.8) is 0 Å². The van der Waals surface area contributed by atoms with E-state index < -0.39 is 15.8 Å². The molecule has 0 fully saturated rings.